The maximum absolute atomic E-state index is 14.1. The van der Waals surface area contributed by atoms with Gasteiger partial charge in [-0.2, -0.15) is 0 Å². The van der Waals surface area contributed by atoms with Crippen LogP contribution in [0.2, 0.25) is 0 Å². The summed E-state index contributed by atoms with van der Waals surface area (Å²) >= 11 is 0. The quantitative estimate of drug-likeness (QED) is 0.0287. The Morgan fingerprint density at radius 2 is 1.05 bits per heavy atom. The molecule has 0 aliphatic carbocycles. The molecule has 0 saturated carbocycles. The van der Waals surface area contributed by atoms with Crippen molar-refractivity contribution in [2.24, 2.45) is 10.2 Å². The summed E-state index contributed by atoms with van der Waals surface area (Å²) in [7, 11) is 0. The molecule has 3 aliphatic rings. The fourth-order valence-electron chi connectivity index (χ4n) is 6.93. The third-order valence-electron chi connectivity index (χ3n) is 10.3. The van der Waals surface area contributed by atoms with Crippen LogP contribution in [0.15, 0.2) is 10.2 Å². The van der Waals surface area contributed by atoms with Gasteiger partial charge in [0.25, 0.3) is 0 Å². The molecule has 3 aliphatic heterocycles. The number of nitrogens with zero attached hydrogens (tertiary/aromatic N) is 6. The first-order valence-corrected chi connectivity index (χ1v) is 21.3. The standard InChI is InChI=1S/C38H68N6O15/c1-6-11-16-50-29-24(22-46)56-37(26(42-44-40)30(29)51-17-12-7-2)58-32-31(52-18-13-8-3)34(53-19-14-9-4)38(59-33(32)36(49)54-20-15-10-5)57-28-23(21-45)55-35(48)25(27(28)47)41-43-39/h23-35,37-38,45-48H,6-22H2,1-5H3/t23?,24-,25-,26?,27?,28+,29+,30+,31?,32-,33+,34-,35+,37+,38+/m0/s1. The number of hydrogen-bond donors (Lipinski definition) is 4. The second-order valence-electron chi connectivity index (χ2n) is 14.8. The summed E-state index contributed by atoms with van der Waals surface area (Å²) in [4.78, 5) is 20.0. The van der Waals surface area contributed by atoms with Crippen molar-refractivity contribution in [1.82, 2.24) is 0 Å². The maximum Gasteiger partial charge on any atom is 0.338 e. The molecule has 21 heteroatoms. The van der Waals surface area contributed by atoms with E-state index in [0.717, 1.165) is 32.1 Å². The Morgan fingerprint density at radius 3 is 1.59 bits per heavy atom. The molecule has 0 aromatic rings. The van der Waals surface area contributed by atoms with Gasteiger partial charge in [0.15, 0.2) is 25.0 Å². The zero-order valence-corrected chi connectivity index (χ0v) is 35.1. The second-order valence-corrected chi connectivity index (χ2v) is 14.8. The Balaban J connectivity index is 2.17. The Bertz CT molecular complexity index is 1280. The highest BCUT2D eigenvalue weighted by Gasteiger charge is 2.57. The molecule has 0 spiro atoms. The average molecular weight is 849 g/mol. The van der Waals surface area contributed by atoms with Crippen LogP contribution < -0.4 is 0 Å². The number of azide groups is 2. The Kier molecular flexibility index (Phi) is 24.4. The first-order chi connectivity index (χ1) is 28.7. The smallest absolute Gasteiger partial charge is 0.338 e. The van der Waals surface area contributed by atoms with Crippen molar-refractivity contribution in [3.05, 3.63) is 20.9 Å². The van der Waals surface area contributed by atoms with Crippen LogP contribution in [-0.4, -0.2) is 165 Å². The fraction of sp³-hybridized carbons (Fsp3) is 0.974. The van der Waals surface area contributed by atoms with Gasteiger partial charge < -0.3 is 67.8 Å². The summed E-state index contributed by atoms with van der Waals surface area (Å²) < 4.78 is 62.4. The van der Waals surface area contributed by atoms with Crippen molar-refractivity contribution < 1.29 is 72.6 Å². The summed E-state index contributed by atoms with van der Waals surface area (Å²) in [5.41, 5.74) is 19.0. The van der Waals surface area contributed by atoms with Crippen molar-refractivity contribution in [2.45, 2.75) is 191 Å². The van der Waals surface area contributed by atoms with Crippen molar-refractivity contribution in [3.63, 3.8) is 0 Å². The van der Waals surface area contributed by atoms with Crippen molar-refractivity contribution in [3.8, 4) is 0 Å². The van der Waals surface area contributed by atoms with Gasteiger partial charge in [-0.05, 0) is 43.2 Å². The molecule has 0 bridgehead atoms. The Hall–Kier alpha value is -2.43. The number of carbonyl (C=O) groups excluding carboxylic acids is 1. The number of aliphatic hydroxyl groups is 4. The van der Waals surface area contributed by atoms with Gasteiger partial charge >= 0.3 is 5.97 Å². The van der Waals surface area contributed by atoms with Crippen LogP contribution in [0.3, 0.4) is 0 Å². The predicted molar refractivity (Wildman–Crippen MR) is 208 cm³/mol. The van der Waals surface area contributed by atoms with Gasteiger partial charge in [-0.15, -0.1) is 0 Å². The molecule has 3 saturated heterocycles. The van der Waals surface area contributed by atoms with Gasteiger partial charge in [-0.3, -0.25) is 0 Å². The zero-order chi connectivity index (χ0) is 43.2. The summed E-state index contributed by atoms with van der Waals surface area (Å²) in [5, 5.41) is 50.2. The summed E-state index contributed by atoms with van der Waals surface area (Å²) in [6.45, 7) is 9.63. The summed E-state index contributed by atoms with van der Waals surface area (Å²) in [5.74, 6) is -0.860. The van der Waals surface area contributed by atoms with E-state index in [0.29, 0.717) is 38.7 Å². The number of ether oxygens (including phenoxy) is 10. The Labute approximate surface area is 346 Å². The molecular formula is C38H68N6O15. The van der Waals surface area contributed by atoms with Gasteiger partial charge in [-0.25, -0.2) is 4.79 Å². The Morgan fingerprint density at radius 1 is 0.576 bits per heavy atom. The van der Waals surface area contributed by atoms with Crippen molar-refractivity contribution in [2.75, 3.05) is 46.2 Å². The average Bonchev–Trinajstić information content (AvgIpc) is 3.23. The third kappa shape index (κ3) is 14.6. The monoisotopic (exact) mass is 848 g/mol. The maximum atomic E-state index is 14.1. The van der Waals surface area contributed by atoms with Crippen LogP contribution in [0.5, 0.6) is 0 Å². The van der Waals surface area contributed by atoms with Gasteiger partial charge in [0.2, 0.25) is 0 Å². The third-order valence-corrected chi connectivity index (χ3v) is 10.3. The van der Waals surface area contributed by atoms with Crippen LogP contribution in [0.25, 0.3) is 20.9 Å². The molecule has 340 valence electrons. The van der Waals surface area contributed by atoms with Crippen LogP contribution in [0.1, 0.15) is 98.8 Å². The molecule has 59 heavy (non-hydrogen) atoms. The summed E-state index contributed by atoms with van der Waals surface area (Å²) in [6, 6.07) is -2.71. The number of hydrogen-bond acceptors (Lipinski definition) is 17. The minimum atomic E-state index is -1.76. The van der Waals surface area contributed by atoms with E-state index in [1.807, 2.05) is 34.6 Å². The first-order valence-electron chi connectivity index (χ1n) is 21.3. The number of aliphatic hydroxyl groups excluding tert-OH is 4. The number of rotatable bonds is 28. The number of esters is 1. The molecule has 3 rings (SSSR count). The first kappa shape index (κ1) is 50.9. The number of carbonyl (C=O) groups is 1. The molecule has 0 radical (unpaired) electrons. The van der Waals surface area contributed by atoms with Gasteiger partial charge in [0, 0.05) is 36.3 Å². The second kappa shape index (κ2) is 28.2. The minimum absolute atomic E-state index is 0.0384. The van der Waals surface area contributed by atoms with Crippen LogP contribution >= 0.6 is 0 Å². The van der Waals surface area contributed by atoms with E-state index in [-0.39, 0.29) is 26.4 Å². The lowest BCUT2D eigenvalue weighted by molar-refractivity contribution is -0.369. The summed E-state index contributed by atoms with van der Waals surface area (Å²) in [6.07, 6.45) is -10.4. The number of unbranched alkanes of at least 4 members (excludes halogenated alkanes) is 5. The van der Waals surface area contributed by atoms with Gasteiger partial charge in [-0.1, -0.05) is 77.0 Å². The molecule has 15 atom stereocenters. The topological polar surface area (TPSA) is 288 Å². The van der Waals surface area contributed by atoms with E-state index in [9.17, 15) is 30.8 Å². The van der Waals surface area contributed by atoms with E-state index in [4.69, 9.17) is 52.9 Å². The molecule has 0 amide bonds. The largest absolute Gasteiger partial charge is 0.464 e. The lowest BCUT2D eigenvalue weighted by Gasteiger charge is -2.50. The van der Waals surface area contributed by atoms with E-state index in [1.54, 1.807) is 0 Å². The fourth-order valence-corrected chi connectivity index (χ4v) is 6.93. The van der Waals surface area contributed by atoms with Gasteiger partial charge in [0.1, 0.15) is 54.8 Å². The molecule has 4 N–H and O–H groups in total. The van der Waals surface area contributed by atoms with E-state index >= 15 is 0 Å². The molecule has 3 fully saturated rings. The molecule has 0 aromatic heterocycles. The molecule has 21 nitrogen and oxygen atoms in total. The van der Waals surface area contributed by atoms with E-state index < -0.39 is 111 Å². The van der Waals surface area contributed by atoms with Crippen LogP contribution in [0.4, 0.5) is 0 Å². The highest BCUT2D eigenvalue weighted by Crippen LogP contribution is 2.37. The molecule has 3 heterocycles. The van der Waals surface area contributed by atoms with E-state index in [2.05, 4.69) is 20.1 Å². The normalized spacial score (nSPS) is 34.8. The molecular weight excluding hydrogens is 780 g/mol. The zero-order valence-electron chi connectivity index (χ0n) is 35.1. The van der Waals surface area contributed by atoms with Crippen LogP contribution in [0, 0.1) is 0 Å². The highest BCUT2D eigenvalue weighted by molar-refractivity contribution is 5.76. The lowest BCUT2D eigenvalue weighted by atomic mass is 9.94. The SMILES string of the molecule is CCCCOC(=O)[C@@H]1O[C@@H](O[C@@H]2C(CO)O[C@@H](O)[C@@H](N=[N+]=[N-])C2O)[C@@H](OCCCC)C(OCCCC)[C@@H]1O[C@H]1O[C@@H](CO)[C@@H](OCCCC)[C@H](OCCCC)C1N=[N+]=[N-]. The molecule has 0 aromatic carbocycles. The molecule has 4 unspecified atom stereocenters. The van der Waals surface area contributed by atoms with Crippen LogP contribution in [-0.2, 0) is 52.2 Å². The van der Waals surface area contributed by atoms with Crippen molar-refractivity contribution >= 4 is 5.97 Å². The van der Waals surface area contributed by atoms with E-state index in [1.165, 1.54) is 0 Å². The lowest BCUT2D eigenvalue weighted by Crippen LogP contribution is -2.68. The minimum Gasteiger partial charge on any atom is -0.464 e. The van der Waals surface area contributed by atoms with Gasteiger partial charge in [0.05, 0.1) is 32.0 Å². The predicted octanol–water partition coefficient (Wildman–Crippen LogP) is 3.71. The van der Waals surface area contributed by atoms with Crippen molar-refractivity contribution in [1.29, 1.82) is 0 Å². The highest BCUT2D eigenvalue weighted by atomic mass is 16.8.